The molecule has 1 aromatic rings. The maximum absolute atomic E-state index is 13.6. The predicted octanol–water partition coefficient (Wildman–Crippen LogP) is 3.91. The van der Waals surface area contributed by atoms with E-state index >= 15 is 0 Å². The van der Waals surface area contributed by atoms with E-state index in [9.17, 15) is 9.18 Å². The SMILES string of the molecule is COC(=O)C1(Nc2cc(C)cc(F)c2)CC(C)CC(C)C1. The molecular weight excluding hydrogens is 269 g/mol. The van der Waals surface area contributed by atoms with E-state index in [1.807, 2.05) is 13.0 Å². The zero-order valence-corrected chi connectivity index (χ0v) is 13.2. The summed E-state index contributed by atoms with van der Waals surface area (Å²) in [4.78, 5) is 12.4. The second-order valence-corrected chi connectivity index (χ2v) is 6.57. The van der Waals surface area contributed by atoms with Crippen LogP contribution in [0, 0.1) is 24.6 Å². The van der Waals surface area contributed by atoms with Gasteiger partial charge in [0, 0.05) is 5.69 Å². The summed E-state index contributed by atoms with van der Waals surface area (Å²) < 4.78 is 18.6. The summed E-state index contributed by atoms with van der Waals surface area (Å²) in [6.45, 7) is 6.13. The first-order valence-electron chi connectivity index (χ1n) is 7.48. The fourth-order valence-corrected chi connectivity index (χ4v) is 3.73. The molecule has 21 heavy (non-hydrogen) atoms. The minimum Gasteiger partial charge on any atom is -0.467 e. The van der Waals surface area contributed by atoms with Gasteiger partial charge in [-0.25, -0.2) is 9.18 Å². The van der Waals surface area contributed by atoms with Gasteiger partial charge in [0.2, 0.25) is 0 Å². The van der Waals surface area contributed by atoms with Gasteiger partial charge in [0.25, 0.3) is 0 Å². The Bertz CT molecular complexity index is 499. The van der Waals surface area contributed by atoms with Crippen LogP contribution in [0.5, 0.6) is 0 Å². The molecule has 0 heterocycles. The second-order valence-electron chi connectivity index (χ2n) is 6.57. The number of hydrogen-bond donors (Lipinski definition) is 1. The maximum Gasteiger partial charge on any atom is 0.331 e. The maximum atomic E-state index is 13.6. The Labute approximate surface area is 125 Å². The van der Waals surface area contributed by atoms with Crippen molar-refractivity contribution in [2.24, 2.45) is 11.8 Å². The first-order valence-corrected chi connectivity index (χ1v) is 7.48. The average Bonchev–Trinajstić information content (AvgIpc) is 2.34. The summed E-state index contributed by atoms with van der Waals surface area (Å²) in [6.07, 6.45) is 2.52. The largest absolute Gasteiger partial charge is 0.467 e. The molecule has 4 heteroatoms. The van der Waals surface area contributed by atoms with Gasteiger partial charge in [-0.3, -0.25) is 0 Å². The Morgan fingerprint density at radius 1 is 1.29 bits per heavy atom. The number of aryl methyl sites for hydroxylation is 1. The molecule has 0 aliphatic heterocycles. The number of esters is 1. The highest BCUT2D eigenvalue weighted by atomic mass is 19.1. The molecule has 1 aliphatic rings. The lowest BCUT2D eigenvalue weighted by atomic mass is 9.71. The lowest BCUT2D eigenvalue weighted by Gasteiger charge is -2.41. The van der Waals surface area contributed by atoms with Crippen molar-refractivity contribution in [3.63, 3.8) is 0 Å². The van der Waals surface area contributed by atoms with Crippen LogP contribution < -0.4 is 5.32 Å². The van der Waals surface area contributed by atoms with Crippen molar-refractivity contribution in [1.82, 2.24) is 0 Å². The number of carbonyl (C=O) groups excluding carboxylic acids is 1. The number of anilines is 1. The van der Waals surface area contributed by atoms with Crippen molar-refractivity contribution in [1.29, 1.82) is 0 Å². The molecule has 2 rings (SSSR count). The Balaban J connectivity index is 2.34. The van der Waals surface area contributed by atoms with Crippen LogP contribution in [0.15, 0.2) is 18.2 Å². The molecular formula is C17H24FNO2. The Kier molecular flexibility index (Phi) is 4.55. The number of ether oxygens (including phenoxy) is 1. The molecule has 0 spiro atoms. The van der Waals surface area contributed by atoms with Crippen molar-refractivity contribution in [2.45, 2.75) is 45.6 Å². The molecule has 1 saturated carbocycles. The summed E-state index contributed by atoms with van der Waals surface area (Å²) in [5.74, 6) is 0.294. The molecule has 0 aromatic heterocycles. The predicted molar refractivity (Wildman–Crippen MR) is 81.7 cm³/mol. The van der Waals surface area contributed by atoms with Gasteiger partial charge in [-0.05, 0) is 61.8 Å². The second kappa shape index (κ2) is 6.04. The smallest absolute Gasteiger partial charge is 0.331 e. The molecule has 1 fully saturated rings. The quantitative estimate of drug-likeness (QED) is 0.859. The lowest BCUT2D eigenvalue weighted by molar-refractivity contribution is -0.148. The van der Waals surface area contributed by atoms with E-state index in [2.05, 4.69) is 19.2 Å². The van der Waals surface area contributed by atoms with Crippen LogP contribution in [0.1, 0.15) is 38.7 Å². The monoisotopic (exact) mass is 293 g/mol. The van der Waals surface area contributed by atoms with Gasteiger partial charge in [0.1, 0.15) is 11.4 Å². The van der Waals surface area contributed by atoms with Gasteiger partial charge in [-0.15, -0.1) is 0 Å². The Hall–Kier alpha value is -1.58. The summed E-state index contributed by atoms with van der Waals surface area (Å²) in [6, 6.07) is 4.77. The summed E-state index contributed by atoms with van der Waals surface area (Å²) in [5, 5.41) is 3.27. The first kappa shape index (κ1) is 15.8. The molecule has 2 unspecified atom stereocenters. The molecule has 0 amide bonds. The molecule has 2 atom stereocenters. The third-order valence-electron chi connectivity index (χ3n) is 4.20. The molecule has 1 N–H and O–H groups in total. The van der Waals surface area contributed by atoms with Crippen molar-refractivity contribution < 1.29 is 13.9 Å². The van der Waals surface area contributed by atoms with Crippen molar-refractivity contribution in [3.05, 3.63) is 29.6 Å². The average molecular weight is 293 g/mol. The number of rotatable bonds is 3. The number of hydrogen-bond acceptors (Lipinski definition) is 3. The number of carbonyl (C=O) groups is 1. The Morgan fingerprint density at radius 3 is 2.43 bits per heavy atom. The van der Waals surface area contributed by atoms with E-state index in [4.69, 9.17) is 4.74 Å². The highest BCUT2D eigenvalue weighted by Gasteiger charge is 2.45. The summed E-state index contributed by atoms with van der Waals surface area (Å²) in [5.41, 5.74) is 0.708. The normalized spacial score (nSPS) is 29.0. The Morgan fingerprint density at radius 2 is 1.90 bits per heavy atom. The van der Waals surface area contributed by atoms with Crippen LogP contribution in [0.3, 0.4) is 0 Å². The highest BCUT2D eigenvalue weighted by Crippen LogP contribution is 2.39. The van der Waals surface area contributed by atoms with Crippen LogP contribution in [0.2, 0.25) is 0 Å². The number of halogens is 1. The van der Waals surface area contributed by atoms with Gasteiger partial charge in [0.05, 0.1) is 7.11 Å². The van der Waals surface area contributed by atoms with Crippen molar-refractivity contribution >= 4 is 11.7 Å². The third-order valence-corrected chi connectivity index (χ3v) is 4.20. The van der Waals surface area contributed by atoms with Gasteiger partial charge in [0.15, 0.2) is 0 Å². The van der Waals surface area contributed by atoms with Gasteiger partial charge < -0.3 is 10.1 Å². The molecule has 1 aliphatic carbocycles. The summed E-state index contributed by atoms with van der Waals surface area (Å²) in [7, 11) is 1.41. The van der Waals surface area contributed by atoms with E-state index in [0.29, 0.717) is 30.4 Å². The lowest BCUT2D eigenvalue weighted by Crippen LogP contribution is -2.52. The van der Waals surface area contributed by atoms with E-state index in [1.54, 1.807) is 0 Å². The minimum absolute atomic E-state index is 0.261. The third kappa shape index (κ3) is 3.55. The number of benzene rings is 1. The molecule has 0 saturated heterocycles. The molecule has 116 valence electrons. The highest BCUT2D eigenvalue weighted by molar-refractivity contribution is 5.84. The summed E-state index contributed by atoms with van der Waals surface area (Å²) >= 11 is 0. The molecule has 0 radical (unpaired) electrons. The minimum atomic E-state index is -0.758. The zero-order valence-electron chi connectivity index (χ0n) is 13.2. The van der Waals surface area contributed by atoms with E-state index in [1.165, 1.54) is 19.2 Å². The van der Waals surface area contributed by atoms with Gasteiger partial charge >= 0.3 is 5.97 Å². The van der Waals surface area contributed by atoms with E-state index < -0.39 is 5.54 Å². The topological polar surface area (TPSA) is 38.3 Å². The molecule has 0 bridgehead atoms. The first-order chi connectivity index (χ1) is 9.84. The number of methoxy groups -OCH3 is 1. The standard InChI is InChI=1S/C17H24FNO2/c1-11-6-14(18)8-15(7-11)19-17(16(20)21-4)9-12(2)5-13(3)10-17/h6-8,12-13,19H,5,9-10H2,1-4H3. The van der Waals surface area contributed by atoms with Crippen LogP contribution in [-0.2, 0) is 9.53 Å². The zero-order chi connectivity index (χ0) is 15.6. The van der Waals surface area contributed by atoms with E-state index in [-0.39, 0.29) is 11.8 Å². The van der Waals surface area contributed by atoms with E-state index in [0.717, 1.165) is 12.0 Å². The van der Waals surface area contributed by atoms with Gasteiger partial charge in [-0.2, -0.15) is 0 Å². The van der Waals surface area contributed by atoms with Crippen LogP contribution in [0.4, 0.5) is 10.1 Å². The van der Waals surface area contributed by atoms with Crippen molar-refractivity contribution in [3.8, 4) is 0 Å². The molecule has 3 nitrogen and oxygen atoms in total. The fraction of sp³-hybridized carbons (Fsp3) is 0.588. The van der Waals surface area contributed by atoms with Crippen LogP contribution in [0.25, 0.3) is 0 Å². The fourth-order valence-electron chi connectivity index (χ4n) is 3.73. The van der Waals surface area contributed by atoms with Crippen LogP contribution in [-0.4, -0.2) is 18.6 Å². The van der Waals surface area contributed by atoms with Crippen LogP contribution >= 0.6 is 0 Å². The van der Waals surface area contributed by atoms with Crippen molar-refractivity contribution in [2.75, 3.05) is 12.4 Å². The number of nitrogens with one attached hydrogen (secondary N) is 1. The van der Waals surface area contributed by atoms with Gasteiger partial charge in [-0.1, -0.05) is 13.8 Å². The molecule has 1 aromatic carbocycles.